The lowest BCUT2D eigenvalue weighted by Gasteiger charge is -2.05. The van der Waals surface area contributed by atoms with Crippen LogP contribution >= 0.6 is 11.3 Å². The van der Waals surface area contributed by atoms with Gasteiger partial charge in [-0.15, -0.1) is 10.2 Å². The summed E-state index contributed by atoms with van der Waals surface area (Å²) in [6.45, 7) is 3.75. The van der Waals surface area contributed by atoms with Crippen LogP contribution in [0.5, 0.6) is 5.75 Å². The largest absolute Gasteiger partial charge is 0.508 e. The Bertz CT molecular complexity index is 580. The molecule has 0 bridgehead atoms. The van der Waals surface area contributed by atoms with Crippen molar-refractivity contribution in [2.45, 2.75) is 20.3 Å². The van der Waals surface area contributed by atoms with Crippen molar-refractivity contribution in [3.8, 4) is 5.75 Å². The van der Waals surface area contributed by atoms with Crippen LogP contribution in [0.2, 0.25) is 0 Å². The maximum Gasteiger partial charge on any atom is 0.257 e. The smallest absolute Gasteiger partial charge is 0.257 e. The molecule has 0 atom stereocenters. The number of phenolic OH excluding ortho intramolecular Hbond substituents is 1. The summed E-state index contributed by atoms with van der Waals surface area (Å²) in [6.07, 6.45) is 0.797. The first-order valence-corrected chi connectivity index (χ1v) is 6.35. The van der Waals surface area contributed by atoms with Gasteiger partial charge in [-0.3, -0.25) is 10.1 Å². The van der Waals surface area contributed by atoms with Crippen molar-refractivity contribution in [3.05, 3.63) is 34.3 Å². The number of anilines is 1. The van der Waals surface area contributed by atoms with E-state index in [2.05, 4.69) is 15.5 Å². The number of aromatic nitrogens is 2. The second-order valence-electron chi connectivity index (χ2n) is 3.81. The SMILES string of the molecule is CCc1nnc(NC(=O)c2ccc(O)cc2C)s1. The number of amides is 1. The average Bonchev–Trinajstić information content (AvgIpc) is 2.76. The van der Waals surface area contributed by atoms with E-state index < -0.39 is 0 Å². The molecule has 0 fully saturated rings. The molecule has 18 heavy (non-hydrogen) atoms. The number of rotatable bonds is 3. The van der Waals surface area contributed by atoms with Crippen LogP contribution in [-0.2, 0) is 6.42 Å². The fourth-order valence-corrected chi connectivity index (χ4v) is 2.19. The first kappa shape index (κ1) is 12.5. The molecule has 0 radical (unpaired) electrons. The van der Waals surface area contributed by atoms with Crippen molar-refractivity contribution in [2.75, 3.05) is 5.32 Å². The number of benzene rings is 1. The van der Waals surface area contributed by atoms with Gasteiger partial charge in [-0.1, -0.05) is 18.3 Å². The molecule has 1 heterocycles. The maximum atomic E-state index is 12.0. The molecular weight excluding hydrogens is 250 g/mol. The van der Waals surface area contributed by atoms with Crippen LogP contribution in [0.15, 0.2) is 18.2 Å². The molecule has 0 aliphatic rings. The highest BCUT2D eigenvalue weighted by atomic mass is 32.1. The van der Waals surface area contributed by atoms with Gasteiger partial charge in [0.15, 0.2) is 0 Å². The van der Waals surface area contributed by atoms with Gasteiger partial charge < -0.3 is 5.11 Å². The summed E-state index contributed by atoms with van der Waals surface area (Å²) in [4.78, 5) is 12.0. The topological polar surface area (TPSA) is 75.1 Å². The number of carbonyl (C=O) groups is 1. The summed E-state index contributed by atoms with van der Waals surface area (Å²) >= 11 is 1.36. The molecule has 5 nitrogen and oxygen atoms in total. The third kappa shape index (κ3) is 2.65. The van der Waals surface area contributed by atoms with Gasteiger partial charge in [-0.05, 0) is 37.1 Å². The second kappa shape index (κ2) is 5.14. The Morgan fingerprint density at radius 1 is 1.44 bits per heavy atom. The zero-order chi connectivity index (χ0) is 13.1. The van der Waals surface area contributed by atoms with Gasteiger partial charge in [0.2, 0.25) is 5.13 Å². The fraction of sp³-hybridized carbons (Fsp3) is 0.250. The van der Waals surface area contributed by atoms with Gasteiger partial charge >= 0.3 is 0 Å². The molecule has 0 saturated heterocycles. The van der Waals surface area contributed by atoms with Crippen LogP contribution in [0, 0.1) is 6.92 Å². The average molecular weight is 263 g/mol. The number of carbonyl (C=O) groups excluding carboxylic acids is 1. The van der Waals surface area contributed by atoms with Crippen molar-refractivity contribution in [3.63, 3.8) is 0 Å². The lowest BCUT2D eigenvalue weighted by molar-refractivity contribution is 0.102. The molecule has 1 aromatic carbocycles. The molecule has 1 aromatic heterocycles. The predicted molar refractivity (Wildman–Crippen MR) is 70.1 cm³/mol. The second-order valence-corrected chi connectivity index (χ2v) is 4.87. The van der Waals surface area contributed by atoms with E-state index in [9.17, 15) is 9.90 Å². The number of aryl methyl sites for hydroxylation is 2. The third-order valence-corrected chi connectivity index (χ3v) is 3.43. The van der Waals surface area contributed by atoms with E-state index in [-0.39, 0.29) is 11.7 Å². The highest BCUT2D eigenvalue weighted by Crippen LogP contribution is 2.19. The summed E-state index contributed by atoms with van der Waals surface area (Å²) in [6, 6.07) is 4.62. The number of nitrogens with one attached hydrogen (secondary N) is 1. The zero-order valence-corrected chi connectivity index (χ0v) is 10.9. The number of phenols is 1. The van der Waals surface area contributed by atoms with Crippen molar-refractivity contribution >= 4 is 22.4 Å². The number of aromatic hydroxyl groups is 1. The molecule has 6 heteroatoms. The van der Waals surface area contributed by atoms with Gasteiger partial charge in [0, 0.05) is 5.56 Å². The van der Waals surface area contributed by atoms with Crippen LogP contribution < -0.4 is 5.32 Å². The molecular formula is C12H13N3O2S. The minimum atomic E-state index is -0.244. The van der Waals surface area contributed by atoms with Crippen LogP contribution in [0.3, 0.4) is 0 Å². The molecule has 2 rings (SSSR count). The Labute approximate surface area is 109 Å². The number of hydrogen-bond acceptors (Lipinski definition) is 5. The molecule has 1 amide bonds. The fourth-order valence-electron chi connectivity index (χ4n) is 1.51. The lowest BCUT2D eigenvalue weighted by atomic mass is 10.1. The van der Waals surface area contributed by atoms with E-state index in [1.807, 2.05) is 6.92 Å². The summed E-state index contributed by atoms with van der Waals surface area (Å²) in [5.41, 5.74) is 1.23. The molecule has 0 spiro atoms. The quantitative estimate of drug-likeness (QED) is 0.891. The van der Waals surface area contributed by atoms with E-state index in [1.54, 1.807) is 19.1 Å². The van der Waals surface area contributed by atoms with Crippen molar-refractivity contribution in [1.82, 2.24) is 10.2 Å². The first-order valence-electron chi connectivity index (χ1n) is 5.53. The third-order valence-electron chi connectivity index (χ3n) is 2.44. The highest BCUT2D eigenvalue weighted by Gasteiger charge is 2.12. The van der Waals surface area contributed by atoms with Crippen LogP contribution in [0.25, 0.3) is 0 Å². The minimum absolute atomic E-state index is 0.147. The van der Waals surface area contributed by atoms with Crippen LogP contribution in [0.4, 0.5) is 5.13 Å². The van der Waals surface area contributed by atoms with Gasteiger partial charge in [0.1, 0.15) is 10.8 Å². The summed E-state index contributed by atoms with van der Waals surface area (Å²) < 4.78 is 0. The zero-order valence-electron chi connectivity index (χ0n) is 10.1. The van der Waals surface area contributed by atoms with Gasteiger partial charge in [0.05, 0.1) is 0 Å². The monoisotopic (exact) mass is 263 g/mol. The number of hydrogen-bond donors (Lipinski definition) is 2. The normalized spacial score (nSPS) is 10.3. The molecule has 0 aliphatic heterocycles. The Kier molecular flexibility index (Phi) is 3.57. The Morgan fingerprint density at radius 3 is 2.83 bits per heavy atom. The predicted octanol–water partition coefficient (Wildman–Crippen LogP) is 2.37. The summed E-state index contributed by atoms with van der Waals surface area (Å²) in [7, 11) is 0. The first-order chi connectivity index (χ1) is 8.60. The van der Waals surface area contributed by atoms with E-state index in [4.69, 9.17) is 0 Å². The molecule has 0 saturated carbocycles. The summed E-state index contributed by atoms with van der Waals surface area (Å²) in [5.74, 6) is -0.0977. The molecule has 0 unspecified atom stereocenters. The van der Waals surface area contributed by atoms with Crippen LogP contribution in [0.1, 0.15) is 27.9 Å². The van der Waals surface area contributed by atoms with E-state index >= 15 is 0 Å². The molecule has 0 aliphatic carbocycles. The van der Waals surface area contributed by atoms with Crippen molar-refractivity contribution < 1.29 is 9.90 Å². The van der Waals surface area contributed by atoms with Gasteiger partial charge in [0.25, 0.3) is 5.91 Å². The van der Waals surface area contributed by atoms with E-state index in [1.165, 1.54) is 17.4 Å². The Balaban J connectivity index is 2.16. The molecule has 2 aromatic rings. The minimum Gasteiger partial charge on any atom is -0.508 e. The molecule has 2 N–H and O–H groups in total. The molecule has 94 valence electrons. The van der Waals surface area contributed by atoms with E-state index in [0.717, 1.165) is 11.4 Å². The highest BCUT2D eigenvalue weighted by molar-refractivity contribution is 7.15. The maximum absolute atomic E-state index is 12.0. The van der Waals surface area contributed by atoms with Crippen LogP contribution in [-0.4, -0.2) is 21.2 Å². The Hall–Kier alpha value is -1.95. The Morgan fingerprint density at radius 2 is 2.22 bits per heavy atom. The van der Waals surface area contributed by atoms with E-state index in [0.29, 0.717) is 16.3 Å². The lowest BCUT2D eigenvalue weighted by Crippen LogP contribution is -2.13. The van der Waals surface area contributed by atoms with Gasteiger partial charge in [-0.2, -0.15) is 0 Å². The standard InChI is InChI=1S/C12H13N3O2S/c1-3-10-14-15-12(18-10)13-11(17)9-5-4-8(16)6-7(9)2/h4-6,16H,3H2,1-2H3,(H,13,15,17). The summed E-state index contributed by atoms with van der Waals surface area (Å²) in [5, 5.41) is 21.2. The van der Waals surface area contributed by atoms with Crippen molar-refractivity contribution in [2.24, 2.45) is 0 Å². The number of nitrogens with zero attached hydrogens (tertiary/aromatic N) is 2. The van der Waals surface area contributed by atoms with Gasteiger partial charge in [-0.25, -0.2) is 0 Å². The van der Waals surface area contributed by atoms with Crippen molar-refractivity contribution in [1.29, 1.82) is 0 Å².